The largest absolute Gasteiger partial charge is 0.497 e. The maximum absolute atomic E-state index is 13.0. The normalized spacial score (nSPS) is 10.6. The summed E-state index contributed by atoms with van der Waals surface area (Å²) in [5.74, 6) is -0.782. The van der Waals surface area contributed by atoms with E-state index in [-0.39, 0.29) is 0 Å². The van der Waals surface area contributed by atoms with Crippen LogP contribution in [0.4, 0.5) is 8.78 Å². The Morgan fingerprint density at radius 1 is 0.950 bits per heavy atom. The minimum Gasteiger partial charge on any atom is -0.497 e. The van der Waals surface area contributed by atoms with Crippen LogP contribution >= 0.6 is 0 Å². The van der Waals surface area contributed by atoms with Gasteiger partial charge in [-0.25, -0.2) is 8.78 Å². The van der Waals surface area contributed by atoms with E-state index in [1.54, 1.807) is 13.2 Å². The van der Waals surface area contributed by atoms with Crippen LogP contribution in [0.1, 0.15) is 11.1 Å². The quantitative estimate of drug-likeness (QED) is 0.818. The molecule has 0 saturated carbocycles. The molecule has 2 rings (SSSR count). The van der Waals surface area contributed by atoms with Crippen molar-refractivity contribution in [1.82, 2.24) is 5.32 Å². The lowest BCUT2D eigenvalue weighted by molar-refractivity contribution is 0.414. The molecule has 2 aromatic rings. The minimum atomic E-state index is -0.813. The molecule has 0 aliphatic heterocycles. The van der Waals surface area contributed by atoms with Gasteiger partial charge in [0.05, 0.1) is 7.11 Å². The van der Waals surface area contributed by atoms with E-state index in [2.05, 4.69) is 5.32 Å². The Hall–Kier alpha value is -1.94. The molecule has 20 heavy (non-hydrogen) atoms. The summed E-state index contributed by atoms with van der Waals surface area (Å²) in [6.07, 6.45) is 0.869. The minimum absolute atomic E-state index is 0.521. The van der Waals surface area contributed by atoms with E-state index in [0.29, 0.717) is 6.54 Å². The predicted octanol–water partition coefficient (Wildman–Crippen LogP) is 3.31. The maximum atomic E-state index is 13.0. The molecule has 2 nitrogen and oxygen atoms in total. The van der Waals surface area contributed by atoms with E-state index in [9.17, 15) is 8.78 Å². The molecule has 0 atom stereocenters. The molecule has 106 valence electrons. The van der Waals surface area contributed by atoms with E-state index in [1.807, 2.05) is 24.3 Å². The molecule has 0 unspecified atom stereocenters. The molecule has 0 fully saturated rings. The van der Waals surface area contributed by atoms with Crippen molar-refractivity contribution in [2.45, 2.75) is 13.0 Å². The van der Waals surface area contributed by atoms with E-state index in [1.165, 1.54) is 11.6 Å². The summed E-state index contributed by atoms with van der Waals surface area (Å²) in [6.45, 7) is 1.29. The summed E-state index contributed by atoms with van der Waals surface area (Å²) in [5, 5.41) is 3.21. The number of nitrogens with one attached hydrogen (secondary N) is 1. The Kier molecular flexibility index (Phi) is 5.07. The molecule has 0 saturated heterocycles. The molecular formula is C16H17F2NO. The maximum Gasteiger partial charge on any atom is 0.159 e. The van der Waals surface area contributed by atoms with Crippen LogP contribution < -0.4 is 10.1 Å². The standard InChI is InChI=1S/C16H17F2NO/c1-20-14-5-2-12(3-6-14)8-9-19-11-13-4-7-15(17)16(18)10-13/h2-7,10,19H,8-9,11H2,1H3. The lowest BCUT2D eigenvalue weighted by atomic mass is 10.1. The van der Waals surface area contributed by atoms with Crippen molar-refractivity contribution >= 4 is 0 Å². The van der Waals surface area contributed by atoms with Crippen molar-refractivity contribution < 1.29 is 13.5 Å². The fourth-order valence-corrected chi connectivity index (χ4v) is 1.91. The summed E-state index contributed by atoms with van der Waals surface area (Å²) in [4.78, 5) is 0. The molecule has 2 aromatic carbocycles. The zero-order valence-electron chi connectivity index (χ0n) is 11.3. The van der Waals surface area contributed by atoms with Crippen LogP contribution in [0, 0.1) is 11.6 Å². The predicted molar refractivity (Wildman–Crippen MR) is 74.8 cm³/mol. The van der Waals surface area contributed by atoms with Gasteiger partial charge in [-0.3, -0.25) is 0 Å². The second kappa shape index (κ2) is 7.01. The van der Waals surface area contributed by atoms with Gasteiger partial charge in [0.2, 0.25) is 0 Å². The van der Waals surface area contributed by atoms with Crippen molar-refractivity contribution in [1.29, 1.82) is 0 Å². The number of methoxy groups -OCH3 is 1. The Balaban J connectivity index is 1.76. The van der Waals surface area contributed by atoms with Crippen LogP contribution in [-0.4, -0.2) is 13.7 Å². The van der Waals surface area contributed by atoms with Crippen LogP contribution in [-0.2, 0) is 13.0 Å². The fraction of sp³-hybridized carbons (Fsp3) is 0.250. The van der Waals surface area contributed by atoms with E-state index >= 15 is 0 Å². The smallest absolute Gasteiger partial charge is 0.159 e. The Bertz CT molecular complexity index is 555. The lowest BCUT2D eigenvalue weighted by Gasteiger charge is -2.06. The first-order valence-electron chi connectivity index (χ1n) is 6.46. The fourth-order valence-electron chi connectivity index (χ4n) is 1.91. The summed E-state index contributed by atoms with van der Waals surface area (Å²) in [5.41, 5.74) is 1.93. The molecule has 0 heterocycles. The third kappa shape index (κ3) is 4.03. The van der Waals surface area contributed by atoms with Crippen LogP contribution in [0.15, 0.2) is 42.5 Å². The van der Waals surface area contributed by atoms with Gasteiger partial charge >= 0.3 is 0 Å². The second-order valence-electron chi connectivity index (χ2n) is 4.52. The van der Waals surface area contributed by atoms with Crippen LogP contribution in [0.2, 0.25) is 0 Å². The summed E-state index contributed by atoms with van der Waals surface area (Å²) >= 11 is 0. The number of rotatable bonds is 6. The van der Waals surface area contributed by atoms with Gasteiger partial charge in [-0.05, 0) is 48.4 Å². The molecule has 0 aliphatic carbocycles. The van der Waals surface area contributed by atoms with Crippen molar-refractivity contribution in [3.63, 3.8) is 0 Å². The number of benzene rings is 2. The van der Waals surface area contributed by atoms with Crippen molar-refractivity contribution in [2.75, 3.05) is 13.7 Å². The van der Waals surface area contributed by atoms with Gasteiger partial charge in [0.25, 0.3) is 0 Å². The van der Waals surface area contributed by atoms with E-state index in [0.717, 1.165) is 30.3 Å². The van der Waals surface area contributed by atoms with Gasteiger partial charge in [0, 0.05) is 6.54 Å². The molecule has 0 radical (unpaired) electrons. The Labute approximate surface area is 117 Å². The number of hydrogen-bond donors (Lipinski definition) is 1. The van der Waals surface area contributed by atoms with E-state index in [4.69, 9.17) is 4.74 Å². The van der Waals surface area contributed by atoms with Crippen LogP contribution in [0.5, 0.6) is 5.75 Å². The van der Waals surface area contributed by atoms with Crippen LogP contribution in [0.25, 0.3) is 0 Å². The highest BCUT2D eigenvalue weighted by atomic mass is 19.2. The third-order valence-corrected chi connectivity index (χ3v) is 3.06. The van der Waals surface area contributed by atoms with Gasteiger partial charge in [0.15, 0.2) is 11.6 Å². The van der Waals surface area contributed by atoms with Crippen molar-refractivity contribution in [2.24, 2.45) is 0 Å². The zero-order valence-corrected chi connectivity index (χ0v) is 11.3. The zero-order chi connectivity index (χ0) is 14.4. The van der Waals surface area contributed by atoms with Crippen molar-refractivity contribution in [3.8, 4) is 5.75 Å². The highest BCUT2D eigenvalue weighted by Gasteiger charge is 2.02. The highest BCUT2D eigenvalue weighted by Crippen LogP contribution is 2.11. The molecule has 4 heteroatoms. The molecule has 0 bridgehead atoms. The van der Waals surface area contributed by atoms with Crippen molar-refractivity contribution in [3.05, 3.63) is 65.2 Å². The summed E-state index contributed by atoms with van der Waals surface area (Å²) < 4.78 is 30.9. The summed E-state index contributed by atoms with van der Waals surface area (Å²) in [6, 6.07) is 11.8. The molecule has 0 aromatic heterocycles. The van der Waals surface area contributed by atoms with Crippen LogP contribution in [0.3, 0.4) is 0 Å². The number of ether oxygens (including phenoxy) is 1. The molecule has 0 aliphatic rings. The first kappa shape index (κ1) is 14.5. The number of halogens is 2. The first-order chi connectivity index (χ1) is 9.69. The molecule has 1 N–H and O–H groups in total. The topological polar surface area (TPSA) is 21.3 Å². The Morgan fingerprint density at radius 2 is 1.65 bits per heavy atom. The first-order valence-corrected chi connectivity index (χ1v) is 6.46. The number of hydrogen-bond acceptors (Lipinski definition) is 2. The monoisotopic (exact) mass is 277 g/mol. The van der Waals surface area contributed by atoms with Gasteiger partial charge in [-0.1, -0.05) is 18.2 Å². The van der Waals surface area contributed by atoms with Gasteiger partial charge < -0.3 is 10.1 Å². The van der Waals surface area contributed by atoms with Gasteiger partial charge in [0.1, 0.15) is 5.75 Å². The lowest BCUT2D eigenvalue weighted by Crippen LogP contribution is -2.16. The molecule has 0 spiro atoms. The SMILES string of the molecule is COc1ccc(CCNCc2ccc(F)c(F)c2)cc1. The van der Waals surface area contributed by atoms with Gasteiger partial charge in [-0.2, -0.15) is 0 Å². The molecule has 0 amide bonds. The highest BCUT2D eigenvalue weighted by molar-refractivity contribution is 5.27. The molecular weight excluding hydrogens is 260 g/mol. The third-order valence-electron chi connectivity index (χ3n) is 3.06. The van der Waals surface area contributed by atoms with E-state index < -0.39 is 11.6 Å². The second-order valence-corrected chi connectivity index (χ2v) is 4.52. The van der Waals surface area contributed by atoms with Gasteiger partial charge in [-0.15, -0.1) is 0 Å². The average Bonchev–Trinajstić information content (AvgIpc) is 2.48. The Morgan fingerprint density at radius 3 is 2.30 bits per heavy atom. The average molecular weight is 277 g/mol. The summed E-state index contributed by atoms with van der Waals surface area (Å²) in [7, 11) is 1.64.